The van der Waals surface area contributed by atoms with E-state index in [2.05, 4.69) is 15.0 Å². The van der Waals surface area contributed by atoms with Crippen molar-refractivity contribution in [2.75, 3.05) is 12.4 Å². The number of ether oxygens (including phenoxy) is 1. The number of nitrogens with one attached hydrogen (secondary N) is 1. The van der Waals surface area contributed by atoms with Gasteiger partial charge >= 0.3 is 5.97 Å². The maximum atomic E-state index is 13.5. The molecule has 0 unspecified atom stereocenters. The van der Waals surface area contributed by atoms with Gasteiger partial charge in [0.15, 0.2) is 5.82 Å². The van der Waals surface area contributed by atoms with E-state index >= 15 is 0 Å². The Morgan fingerprint density at radius 3 is 2.67 bits per heavy atom. The van der Waals surface area contributed by atoms with Crippen LogP contribution >= 0.6 is 0 Å². The molecule has 2 rings (SSSR count). The van der Waals surface area contributed by atoms with E-state index in [1.807, 2.05) is 0 Å². The first kappa shape index (κ1) is 14.6. The SMILES string of the molecule is COC(=O)c1cc(C)ccc1NC(=O)c1ccncc1F. The second kappa shape index (κ2) is 6.13. The van der Waals surface area contributed by atoms with Gasteiger partial charge in [0.25, 0.3) is 5.91 Å². The zero-order valence-corrected chi connectivity index (χ0v) is 11.5. The van der Waals surface area contributed by atoms with Gasteiger partial charge in [0.1, 0.15) is 0 Å². The number of aryl methyl sites for hydroxylation is 1. The molecule has 1 N–H and O–H groups in total. The van der Waals surface area contributed by atoms with Gasteiger partial charge in [0.05, 0.1) is 30.1 Å². The van der Waals surface area contributed by atoms with Crippen LogP contribution in [0.2, 0.25) is 0 Å². The highest BCUT2D eigenvalue weighted by atomic mass is 19.1. The number of esters is 1. The van der Waals surface area contributed by atoms with Gasteiger partial charge in [-0.1, -0.05) is 11.6 Å². The lowest BCUT2D eigenvalue weighted by Crippen LogP contribution is -2.17. The predicted octanol–water partition coefficient (Wildman–Crippen LogP) is 2.57. The van der Waals surface area contributed by atoms with Gasteiger partial charge in [-0.15, -0.1) is 0 Å². The van der Waals surface area contributed by atoms with Crippen LogP contribution in [0.3, 0.4) is 0 Å². The van der Waals surface area contributed by atoms with E-state index in [-0.39, 0.29) is 16.8 Å². The summed E-state index contributed by atoms with van der Waals surface area (Å²) in [6.45, 7) is 1.81. The smallest absolute Gasteiger partial charge is 0.339 e. The minimum absolute atomic E-state index is 0.151. The molecule has 108 valence electrons. The first-order valence-electron chi connectivity index (χ1n) is 6.12. The number of carbonyl (C=O) groups is 2. The van der Waals surface area contributed by atoms with E-state index in [1.165, 1.54) is 19.4 Å². The average molecular weight is 288 g/mol. The Morgan fingerprint density at radius 1 is 1.24 bits per heavy atom. The number of nitrogens with zero attached hydrogens (tertiary/aromatic N) is 1. The lowest BCUT2D eigenvalue weighted by molar-refractivity contribution is 0.0602. The van der Waals surface area contributed by atoms with Gasteiger partial charge in [-0.3, -0.25) is 9.78 Å². The molecule has 0 aliphatic carbocycles. The van der Waals surface area contributed by atoms with Gasteiger partial charge in [-0.25, -0.2) is 9.18 Å². The number of amides is 1. The van der Waals surface area contributed by atoms with E-state index in [1.54, 1.807) is 25.1 Å². The molecular weight excluding hydrogens is 275 g/mol. The van der Waals surface area contributed by atoms with Crippen LogP contribution in [0.15, 0.2) is 36.7 Å². The van der Waals surface area contributed by atoms with Crippen LogP contribution in [-0.4, -0.2) is 24.0 Å². The average Bonchev–Trinajstić information content (AvgIpc) is 2.48. The summed E-state index contributed by atoms with van der Waals surface area (Å²) in [6, 6.07) is 6.14. The fourth-order valence-corrected chi connectivity index (χ4v) is 1.79. The molecule has 1 amide bonds. The standard InChI is InChI=1S/C15H13FN2O3/c1-9-3-4-13(11(7-9)15(20)21-2)18-14(19)10-5-6-17-8-12(10)16/h3-8H,1-2H3,(H,18,19). The molecule has 2 aromatic rings. The molecule has 1 heterocycles. The fraction of sp³-hybridized carbons (Fsp3) is 0.133. The Hall–Kier alpha value is -2.76. The van der Waals surface area contributed by atoms with Crippen molar-refractivity contribution in [2.24, 2.45) is 0 Å². The molecule has 0 saturated carbocycles. The van der Waals surface area contributed by atoms with Crippen LogP contribution in [-0.2, 0) is 4.74 Å². The topological polar surface area (TPSA) is 68.3 Å². The van der Waals surface area contributed by atoms with Gasteiger partial charge in [-0.05, 0) is 25.1 Å². The van der Waals surface area contributed by atoms with Crippen LogP contribution in [0.25, 0.3) is 0 Å². The molecular formula is C15H13FN2O3. The highest BCUT2D eigenvalue weighted by Gasteiger charge is 2.17. The summed E-state index contributed by atoms with van der Waals surface area (Å²) in [5.74, 6) is -1.98. The van der Waals surface area contributed by atoms with E-state index in [4.69, 9.17) is 0 Å². The van der Waals surface area contributed by atoms with Crippen molar-refractivity contribution in [3.63, 3.8) is 0 Å². The predicted molar refractivity (Wildman–Crippen MR) is 74.7 cm³/mol. The lowest BCUT2D eigenvalue weighted by atomic mass is 10.1. The molecule has 0 fully saturated rings. The fourth-order valence-electron chi connectivity index (χ4n) is 1.79. The largest absolute Gasteiger partial charge is 0.465 e. The molecule has 0 radical (unpaired) electrons. The summed E-state index contributed by atoms with van der Waals surface area (Å²) in [4.78, 5) is 27.3. The molecule has 1 aromatic carbocycles. The number of carbonyl (C=O) groups excluding carboxylic acids is 2. The van der Waals surface area contributed by atoms with Crippen molar-refractivity contribution in [2.45, 2.75) is 6.92 Å². The second-order valence-corrected chi connectivity index (χ2v) is 4.35. The zero-order valence-electron chi connectivity index (χ0n) is 11.5. The summed E-state index contributed by atoms with van der Waals surface area (Å²) >= 11 is 0. The van der Waals surface area contributed by atoms with Crippen LogP contribution in [0, 0.1) is 12.7 Å². The zero-order chi connectivity index (χ0) is 15.4. The molecule has 21 heavy (non-hydrogen) atoms. The third-order valence-electron chi connectivity index (χ3n) is 2.85. The van der Waals surface area contributed by atoms with Crippen molar-refractivity contribution < 1.29 is 18.7 Å². The Bertz CT molecular complexity index is 701. The highest BCUT2D eigenvalue weighted by Crippen LogP contribution is 2.19. The van der Waals surface area contributed by atoms with Gasteiger partial charge < -0.3 is 10.1 Å². The molecule has 0 atom stereocenters. The number of benzene rings is 1. The van der Waals surface area contributed by atoms with Crippen molar-refractivity contribution in [1.82, 2.24) is 4.98 Å². The molecule has 0 aliphatic heterocycles. The Balaban J connectivity index is 2.34. The molecule has 5 nitrogen and oxygen atoms in total. The Labute approximate surface area is 120 Å². The van der Waals surface area contributed by atoms with E-state index in [0.717, 1.165) is 11.8 Å². The Morgan fingerprint density at radius 2 is 2.00 bits per heavy atom. The van der Waals surface area contributed by atoms with Crippen LogP contribution < -0.4 is 5.32 Å². The first-order chi connectivity index (χ1) is 10.0. The second-order valence-electron chi connectivity index (χ2n) is 4.35. The van der Waals surface area contributed by atoms with Crippen molar-refractivity contribution in [3.8, 4) is 0 Å². The molecule has 0 saturated heterocycles. The van der Waals surface area contributed by atoms with Crippen molar-refractivity contribution in [3.05, 3.63) is 59.2 Å². The highest BCUT2D eigenvalue weighted by molar-refractivity contribution is 6.08. The number of pyridine rings is 1. The number of methoxy groups -OCH3 is 1. The van der Waals surface area contributed by atoms with Crippen molar-refractivity contribution in [1.29, 1.82) is 0 Å². The van der Waals surface area contributed by atoms with E-state index in [0.29, 0.717) is 0 Å². The number of aromatic nitrogens is 1. The molecule has 1 aromatic heterocycles. The minimum atomic E-state index is -0.735. The maximum Gasteiger partial charge on any atom is 0.339 e. The first-order valence-corrected chi connectivity index (χ1v) is 6.12. The lowest BCUT2D eigenvalue weighted by Gasteiger charge is -2.11. The molecule has 0 spiro atoms. The summed E-state index contributed by atoms with van der Waals surface area (Å²) in [5.41, 5.74) is 1.15. The summed E-state index contributed by atoms with van der Waals surface area (Å²) in [6.07, 6.45) is 2.26. The number of anilines is 1. The number of hydrogen-bond donors (Lipinski definition) is 1. The molecule has 0 bridgehead atoms. The Kier molecular flexibility index (Phi) is 4.27. The number of hydrogen-bond acceptors (Lipinski definition) is 4. The molecule has 6 heteroatoms. The summed E-state index contributed by atoms with van der Waals surface area (Å²) < 4.78 is 18.2. The van der Waals surface area contributed by atoms with Crippen molar-refractivity contribution >= 4 is 17.6 Å². The third-order valence-corrected chi connectivity index (χ3v) is 2.85. The summed E-state index contributed by atoms with van der Waals surface area (Å²) in [5, 5.41) is 2.50. The molecule has 0 aliphatic rings. The number of rotatable bonds is 3. The van der Waals surface area contributed by atoms with Gasteiger partial charge in [-0.2, -0.15) is 0 Å². The van der Waals surface area contributed by atoms with Crippen LogP contribution in [0.5, 0.6) is 0 Å². The maximum absolute atomic E-state index is 13.5. The van der Waals surface area contributed by atoms with E-state index < -0.39 is 17.7 Å². The van der Waals surface area contributed by atoms with Crippen LogP contribution in [0.4, 0.5) is 10.1 Å². The quantitative estimate of drug-likeness (QED) is 0.881. The monoisotopic (exact) mass is 288 g/mol. The third kappa shape index (κ3) is 3.22. The number of halogens is 1. The minimum Gasteiger partial charge on any atom is -0.465 e. The normalized spacial score (nSPS) is 10.0. The van der Waals surface area contributed by atoms with Crippen LogP contribution in [0.1, 0.15) is 26.3 Å². The van der Waals surface area contributed by atoms with E-state index in [9.17, 15) is 14.0 Å². The summed E-state index contributed by atoms with van der Waals surface area (Å²) in [7, 11) is 1.25. The van der Waals surface area contributed by atoms with Gasteiger partial charge in [0, 0.05) is 6.20 Å². The van der Waals surface area contributed by atoms with Gasteiger partial charge in [0.2, 0.25) is 0 Å².